The molecule has 1 atom stereocenters. The van der Waals surface area contributed by atoms with Gasteiger partial charge in [0.2, 0.25) is 5.28 Å². The standard InChI is InChI=1S/C8H11Cl2N3O/c1-5(14)2-3-11-7-4-6(9)12-8(10)13-7/h4-5,14H,2-3H2,1H3,(H,11,12,13). The minimum absolute atomic E-state index is 0.108. The Labute approximate surface area is 92.3 Å². The van der Waals surface area contributed by atoms with Crippen molar-refractivity contribution >= 4 is 29.0 Å². The highest BCUT2D eigenvalue weighted by Gasteiger charge is 2.01. The molecule has 6 heteroatoms. The molecule has 1 aromatic rings. The first-order valence-electron chi connectivity index (χ1n) is 4.20. The van der Waals surface area contributed by atoms with Gasteiger partial charge in [-0.15, -0.1) is 0 Å². The number of aromatic nitrogens is 2. The molecule has 0 fully saturated rings. The van der Waals surface area contributed by atoms with E-state index in [9.17, 15) is 0 Å². The number of aliphatic hydroxyl groups excluding tert-OH is 1. The first-order valence-corrected chi connectivity index (χ1v) is 4.95. The molecular formula is C8H11Cl2N3O. The lowest BCUT2D eigenvalue weighted by atomic mass is 10.3. The molecule has 0 aromatic carbocycles. The van der Waals surface area contributed by atoms with Gasteiger partial charge >= 0.3 is 0 Å². The Hall–Kier alpha value is -0.580. The number of hydrogen-bond donors (Lipinski definition) is 2. The van der Waals surface area contributed by atoms with E-state index in [1.165, 1.54) is 0 Å². The lowest BCUT2D eigenvalue weighted by Gasteiger charge is -2.07. The molecule has 1 unspecified atom stereocenters. The Kier molecular flexibility index (Phi) is 4.38. The summed E-state index contributed by atoms with van der Waals surface area (Å²) in [5.41, 5.74) is 0. The number of aliphatic hydroxyl groups is 1. The summed E-state index contributed by atoms with van der Waals surface area (Å²) in [6.07, 6.45) is 0.300. The van der Waals surface area contributed by atoms with Gasteiger partial charge in [-0.05, 0) is 24.9 Å². The summed E-state index contributed by atoms with van der Waals surface area (Å²) in [6.45, 7) is 2.34. The van der Waals surface area contributed by atoms with E-state index in [0.717, 1.165) is 0 Å². The zero-order chi connectivity index (χ0) is 10.6. The second kappa shape index (κ2) is 5.34. The van der Waals surface area contributed by atoms with Crippen LogP contribution < -0.4 is 5.32 Å². The van der Waals surface area contributed by atoms with Crippen LogP contribution in [0.5, 0.6) is 0 Å². The summed E-state index contributed by atoms with van der Waals surface area (Å²) >= 11 is 11.3. The molecule has 0 aliphatic carbocycles. The SMILES string of the molecule is CC(O)CCNc1cc(Cl)nc(Cl)n1. The Morgan fingerprint density at radius 2 is 2.21 bits per heavy atom. The van der Waals surface area contributed by atoms with Crippen molar-refractivity contribution in [1.29, 1.82) is 0 Å². The van der Waals surface area contributed by atoms with Crippen LogP contribution in [-0.4, -0.2) is 27.7 Å². The van der Waals surface area contributed by atoms with Crippen LogP contribution in [0.25, 0.3) is 0 Å². The highest BCUT2D eigenvalue weighted by molar-refractivity contribution is 6.32. The highest BCUT2D eigenvalue weighted by Crippen LogP contribution is 2.14. The van der Waals surface area contributed by atoms with Crippen molar-refractivity contribution in [3.63, 3.8) is 0 Å². The van der Waals surface area contributed by atoms with E-state index >= 15 is 0 Å². The third-order valence-corrected chi connectivity index (χ3v) is 1.90. The maximum absolute atomic E-state index is 9.01. The van der Waals surface area contributed by atoms with Crippen molar-refractivity contribution in [2.75, 3.05) is 11.9 Å². The smallest absolute Gasteiger partial charge is 0.225 e. The van der Waals surface area contributed by atoms with Gasteiger partial charge in [0.25, 0.3) is 0 Å². The summed E-state index contributed by atoms with van der Waals surface area (Å²) in [6, 6.07) is 1.58. The van der Waals surface area contributed by atoms with E-state index in [0.29, 0.717) is 23.9 Å². The van der Waals surface area contributed by atoms with Gasteiger partial charge in [0, 0.05) is 12.6 Å². The van der Waals surface area contributed by atoms with Gasteiger partial charge in [0.15, 0.2) is 0 Å². The normalized spacial score (nSPS) is 12.6. The van der Waals surface area contributed by atoms with Gasteiger partial charge in [0.1, 0.15) is 11.0 Å². The Bertz CT molecular complexity index is 286. The molecule has 0 saturated carbocycles. The summed E-state index contributed by atoms with van der Waals surface area (Å²) in [5.74, 6) is 0.565. The van der Waals surface area contributed by atoms with E-state index in [1.807, 2.05) is 0 Å². The highest BCUT2D eigenvalue weighted by atomic mass is 35.5. The van der Waals surface area contributed by atoms with Crippen molar-refractivity contribution in [2.45, 2.75) is 19.4 Å². The number of halogens is 2. The molecule has 0 spiro atoms. The van der Waals surface area contributed by atoms with Crippen molar-refractivity contribution in [1.82, 2.24) is 9.97 Å². The van der Waals surface area contributed by atoms with Crippen LogP contribution in [0.4, 0.5) is 5.82 Å². The maximum atomic E-state index is 9.01. The monoisotopic (exact) mass is 235 g/mol. The zero-order valence-corrected chi connectivity index (χ0v) is 9.18. The van der Waals surface area contributed by atoms with Gasteiger partial charge in [-0.1, -0.05) is 11.6 Å². The average molecular weight is 236 g/mol. The molecule has 0 aliphatic heterocycles. The predicted octanol–water partition coefficient (Wildman–Crippen LogP) is 1.97. The van der Waals surface area contributed by atoms with Gasteiger partial charge in [-0.3, -0.25) is 0 Å². The lowest BCUT2D eigenvalue weighted by molar-refractivity contribution is 0.188. The first kappa shape index (κ1) is 11.5. The molecular weight excluding hydrogens is 225 g/mol. The van der Waals surface area contributed by atoms with Crippen molar-refractivity contribution < 1.29 is 5.11 Å². The van der Waals surface area contributed by atoms with Gasteiger partial charge in [-0.2, -0.15) is 0 Å². The van der Waals surface area contributed by atoms with E-state index < -0.39 is 0 Å². The average Bonchev–Trinajstić information content (AvgIpc) is 2.01. The number of hydrogen-bond acceptors (Lipinski definition) is 4. The number of nitrogens with zero attached hydrogens (tertiary/aromatic N) is 2. The van der Waals surface area contributed by atoms with Crippen LogP contribution in [0.1, 0.15) is 13.3 Å². The maximum Gasteiger partial charge on any atom is 0.225 e. The Morgan fingerprint density at radius 3 is 2.79 bits per heavy atom. The number of anilines is 1. The van der Waals surface area contributed by atoms with Gasteiger partial charge in [0.05, 0.1) is 6.10 Å². The van der Waals surface area contributed by atoms with Crippen LogP contribution >= 0.6 is 23.2 Å². The largest absolute Gasteiger partial charge is 0.393 e. The summed E-state index contributed by atoms with van der Waals surface area (Å²) in [4.78, 5) is 7.62. The fourth-order valence-corrected chi connectivity index (χ4v) is 1.30. The number of rotatable bonds is 4. The van der Waals surface area contributed by atoms with Crippen LogP contribution in [0.15, 0.2) is 6.07 Å². The summed E-state index contributed by atoms with van der Waals surface area (Å²) < 4.78 is 0. The molecule has 2 N–H and O–H groups in total. The van der Waals surface area contributed by atoms with Crippen LogP contribution in [-0.2, 0) is 0 Å². The summed E-state index contributed by atoms with van der Waals surface area (Å²) in [7, 11) is 0. The third-order valence-electron chi connectivity index (χ3n) is 1.54. The second-order valence-electron chi connectivity index (χ2n) is 2.91. The molecule has 1 aromatic heterocycles. The molecule has 78 valence electrons. The topological polar surface area (TPSA) is 58.0 Å². The third kappa shape index (κ3) is 4.09. The van der Waals surface area contributed by atoms with Crippen molar-refractivity contribution in [3.8, 4) is 0 Å². The van der Waals surface area contributed by atoms with E-state index in [1.54, 1.807) is 13.0 Å². The van der Waals surface area contributed by atoms with Gasteiger partial charge < -0.3 is 10.4 Å². The molecule has 0 bridgehead atoms. The molecule has 0 saturated heterocycles. The van der Waals surface area contributed by atoms with E-state index in [-0.39, 0.29) is 11.4 Å². The Balaban J connectivity index is 2.50. The molecule has 0 amide bonds. The van der Waals surface area contributed by atoms with Crippen LogP contribution in [0.3, 0.4) is 0 Å². The van der Waals surface area contributed by atoms with Crippen LogP contribution in [0.2, 0.25) is 10.4 Å². The molecule has 4 nitrogen and oxygen atoms in total. The fourth-order valence-electron chi connectivity index (χ4n) is 0.890. The second-order valence-corrected chi connectivity index (χ2v) is 3.63. The van der Waals surface area contributed by atoms with E-state index in [2.05, 4.69) is 15.3 Å². The van der Waals surface area contributed by atoms with Crippen LogP contribution in [0, 0.1) is 0 Å². The van der Waals surface area contributed by atoms with Crippen molar-refractivity contribution in [2.24, 2.45) is 0 Å². The minimum Gasteiger partial charge on any atom is -0.393 e. The predicted molar refractivity (Wildman–Crippen MR) is 56.8 cm³/mol. The van der Waals surface area contributed by atoms with E-state index in [4.69, 9.17) is 28.3 Å². The molecule has 0 radical (unpaired) electrons. The molecule has 0 aliphatic rings. The molecule has 14 heavy (non-hydrogen) atoms. The first-order chi connectivity index (χ1) is 6.58. The molecule has 1 rings (SSSR count). The number of nitrogens with one attached hydrogen (secondary N) is 1. The lowest BCUT2D eigenvalue weighted by Crippen LogP contribution is -2.10. The molecule has 1 heterocycles. The van der Waals surface area contributed by atoms with Crippen molar-refractivity contribution in [3.05, 3.63) is 16.5 Å². The summed E-state index contributed by atoms with van der Waals surface area (Å²) in [5, 5.41) is 12.4. The zero-order valence-electron chi connectivity index (χ0n) is 7.67. The fraction of sp³-hybridized carbons (Fsp3) is 0.500. The quantitative estimate of drug-likeness (QED) is 0.619. The van der Waals surface area contributed by atoms with Gasteiger partial charge in [-0.25, -0.2) is 9.97 Å². The Morgan fingerprint density at radius 1 is 1.50 bits per heavy atom. The minimum atomic E-state index is -0.338.